The first-order valence-electron chi connectivity index (χ1n) is 24.9. The van der Waals surface area contributed by atoms with Gasteiger partial charge in [-0.1, -0.05) is 147 Å². The fourth-order valence-corrected chi connectivity index (χ4v) is 7.78. The number of hydrogen-bond acceptors (Lipinski definition) is 15. The van der Waals surface area contributed by atoms with Gasteiger partial charge in [0.1, 0.15) is 55.4 Å². The highest BCUT2D eigenvalue weighted by Gasteiger charge is 2.47. The first-order valence-corrected chi connectivity index (χ1v) is 24.9. The molecular weight excluding hydrogens is 829 g/mol. The number of aliphatic hydroxyl groups excluding tert-OH is 7. The quantitative estimate of drug-likeness (QED) is 0.0203. The molecule has 0 spiro atoms. The third kappa shape index (κ3) is 25.2. The van der Waals surface area contributed by atoms with Gasteiger partial charge in [-0.05, 0) is 44.9 Å². The van der Waals surface area contributed by atoms with Crippen LogP contribution in [0.15, 0.2) is 24.3 Å². The van der Waals surface area contributed by atoms with E-state index in [9.17, 15) is 45.3 Å². The van der Waals surface area contributed by atoms with Crippen LogP contribution in [-0.4, -0.2) is 142 Å². The van der Waals surface area contributed by atoms with Crippen LogP contribution < -0.4 is 0 Å². The predicted octanol–water partition coefficient (Wildman–Crippen LogP) is 6.38. The second kappa shape index (κ2) is 37.0. The van der Waals surface area contributed by atoms with Gasteiger partial charge in [0.05, 0.1) is 19.8 Å². The number of aliphatic hydroxyl groups is 7. The highest BCUT2D eigenvalue weighted by molar-refractivity contribution is 5.70. The summed E-state index contributed by atoms with van der Waals surface area (Å²) in [5, 5.41) is 72.0. The lowest BCUT2D eigenvalue weighted by Gasteiger charge is -2.42. The number of unbranched alkanes of at least 4 members (excludes halogenated alkanes) is 20. The van der Waals surface area contributed by atoms with E-state index in [1.54, 1.807) is 0 Å². The van der Waals surface area contributed by atoms with Gasteiger partial charge in [0.25, 0.3) is 0 Å². The molecule has 0 aromatic rings. The van der Waals surface area contributed by atoms with Crippen LogP contribution in [0, 0.1) is 0 Å². The molecule has 15 heteroatoms. The van der Waals surface area contributed by atoms with Crippen LogP contribution in [0.25, 0.3) is 0 Å². The van der Waals surface area contributed by atoms with Crippen LogP contribution in [0.1, 0.15) is 181 Å². The molecule has 0 aromatic heterocycles. The van der Waals surface area contributed by atoms with Gasteiger partial charge >= 0.3 is 11.9 Å². The second-order valence-electron chi connectivity index (χ2n) is 17.6. The Labute approximate surface area is 383 Å². The summed E-state index contributed by atoms with van der Waals surface area (Å²) in [5.74, 6) is -0.930. The fourth-order valence-electron chi connectivity index (χ4n) is 7.78. The maximum absolute atomic E-state index is 13.0. The normalized spacial score (nSPS) is 26.8. The van der Waals surface area contributed by atoms with Crippen LogP contribution in [0.4, 0.5) is 0 Å². The molecule has 2 heterocycles. The molecule has 64 heavy (non-hydrogen) atoms. The molecule has 2 aliphatic heterocycles. The van der Waals surface area contributed by atoms with Crippen LogP contribution in [0.2, 0.25) is 0 Å². The average Bonchev–Trinajstić information content (AvgIpc) is 3.29. The first kappa shape index (κ1) is 58.1. The Morgan fingerprint density at radius 1 is 0.500 bits per heavy atom. The van der Waals surface area contributed by atoms with Gasteiger partial charge in [0, 0.05) is 12.8 Å². The van der Waals surface area contributed by atoms with Crippen molar-refractivity contribution in [2.24, 2.45) is 0 Å². The van der Waals surface area contributed by atoms with E-state index >= 15 is 0 Å². The molecule has 7 N–H and O–H groups in total. The Morgan fingerprint density at radius 3 is 1.48 bits per heavy atom. The maximum Gasteiger partial charge on any atom is 0.306 e. The lowest BCUT2D eigenvalue weighted by atomic mass is 9.98. The molecule has 0 radical (unpaired) electrons. The van der Waals surface area contributed by atoms with Crippen molar-refractivity contribution in [3.05, 3.63) is 24.3 Å². The Balaban J connectivity index is 1.82. The summed E-state index contributed by atoms with van der Waals surface area (Å²) in [6.07, 6.45) is 19.2. The summed E-state index contributed by atoms with van der Waals surface area (Å²) in [7, 11) is 0. The molecule has 15 nitrogen and oxygen atoms in total. The van der Waals surface area contributed by atoms with Crippen molar-refractivity contribution < 1.29 is 73.8 Å². The van der Waals surface area contributed by atoms with Gasteiger partial charge in [0.15, 0.2) is 18.7 Å². The zero-order chi connectivity index (χ0) is 46.8. The van der Waals surface area contributed by atoms with Crippen molar-refractivity contribution in [1.29, 1.82) is 0 Å². The molecule has 374 valence electrons. The van der Waals surface area contributed by atoms with E-state index in [1.807, 2.05) is 0 Å². The molecule has 2 aliphatic rings. The molecule has 2 rings (SSSR count). The molecule has 0 aliphatic carbocycles. The molecular formula is C49H88O15. The largest absolute Gasteiger partial charge is 0.462 e. The van der Waals surface area contributed by atoms with Gasteiger partial charge in [-0.15, -0.1) is 0 Å². The van der Waals surface area contributed by atoms with Crippen LogP contribution in [-0.2, 0) is 38.0 Å². The maximum atomic E-state index is 13.0. The number of carbonyl (C=O) groups is 2. The van der Waals surface area contributed by atoms with Crippen LogP contribution in [0.3, 0.4) is 0 Å². The molecule has 0 bridgehead atoms. The summed E-state index contributed by atoms with van der Waals surface area (Å²) in [6.45, 7) is 2.55. The number of hydrogen-bond donors (Lipinski definition) is 7. The van der Waals surface area contributed by atoms with Gasteiger partial charge in [0.2, 0.25) is 0 Å². The minimum atomic E-state index is -1.76. The molecule has 2 saturated heterocycles. The van der Waals surface area contributed by atoms with E-state index in [2.05, 4.69) is 38.2 Å². The summed E-state index contributed by atoms with van der Waals surface area (Å²) >= 11 is 0. The monoisotopic (exact) mass is 917 g/mol. The molecule has 0 saturated carbocycles. The van der Waals surface area contributed by atoms with Gasteiger partial charge in [-0.2, -0.15) is 0 Å². The number of carbonyl (C=O) groups excluding carboxylic acids is 2. The van der Waals surface area contributed by atoms with E-state index in [0.717, 1.165) is 64.2 Å². The highest BCUT2D eigenvalue weighted by atomic mass is 16.7. The first-order chi connectivity index (χ1) is 31.0. The Morgan fingerprint density at radius 2 is 0.938 bits per heavy atom. The number of allylic oxidation sites excluding steroid dienone is 4. The second-order valence-corrected chi connectivity index (χ2v) is 17.6. The number of esters is 2. The Kier molecular flexibility index (Phi) is 33.6. The molecule has 0 amide bonds. The van der Waals surface area contributed by atoms with E-state index in [1.165, 1.54) is 77.0 Å². The predicted molar refractivity (Wildman–Crippen MR) is 243 cm³/mol. The van der Waals surface area contributed by atoms with Gasteiger partial charge < -0.3 is 64.2 Å². The SMILES string of the molecule is CCCCC/C=C/C/C=C/CCCCCCCCCC(=O)O[C@H](COC(=O)CCCCCCCCCCCCC)CO[C@H]1O[C@@H](CO[C@H]2O[C@@H](CO)[C@@H](O)C(O)C2O)[C@@H](O)C(O)C1O. The minimum Gasteiger partial charge on any atom is -0.462 e. The average molecular weight is 917 g/mol. The van der Waals surface area contributed by atoms with Gasteiger partial charge in [-0.3, -0.25) is 9.59 Å². The number of ether oxygens (including phenoxy) is 6. The third-order valence-electron chi connectivity index (χ3n) is 11.9. The van der Waals surface area contributed by atoms with Gasteiger partial charge in [-0.25, -0.2) is 0 Å². The van der Waals surface area contributed by atoms with Crippen molar-refractivity contribution in [3.63, 3.8) is 0 Å². The van der Waals surface area contributed by atoms with E-state index < -0.39 is 92.7 Å². The molecule has 2 fully saturated rings. The third-order valence-corrected chi connectivity index (χ3v) is 11.9. The summed E-state index contributed by atoms with van der Waals surface area (Å²) in [4.78, 5) is 25.7. The summed E-state index contributed by atoms with van der Waals surface area (Å²) in [6, 6.07) is 0. The number of rotatable bonds is 38. The van der Waals surface area contributed by atoms with E-state index in [0.29, 0.717) is 12.8 Å². The van der Waals surface area contributed by atoms with Crippen molar-refractivity contribution in [2.75, 3.05) is 26.4 Å². The summed E-state index contributed by atoms with van der Waals surface area (Å²) < 4.78 is 33.5. The zero-order valence-corrected chi connectivity index (χ0v) is 39.3. The van der Waals surface area contributed by atoms with Crippen molar-refractivity contribution in [2.45, 2.75) is 248 Å². The van der Waals surface area contributed by atoms with E-state index in [-0.39, 0.29) is 26.1 Å². The Bertz CT molecular complexity index is 1220. The van der Waals surface area contributed by atoms with Crippen molar-refractivity contribution >= 4 is 11.9 Å². The Hall–Kier alpha value is -2.02. The molecule has 4 unspecified atom stereocenters. The van der Waals surface area contributed by atoms with Crippen LogP contribution in [0.5, 0.6) is 0 Å². The van der Waals surface area contributed by atoms with Crippen molar-refractivity contribution in [1.82, 2.24) is 0 Å². The topological polar surface area (TPSA) is 231 Å². The fraction of sp³-hybridized carbons (Fsp3) is 0.878. The highest BCUT2D eigenvalue weighted by Crippen LogP contribution is 2.26. The van der Waals surface area contributed by atoms with E-state index in [4.69, 9.17) is 28.4 Å². The summed E-state index contributed by atoms with van der Waals surface area (Å²) in [5.41, 5.74) is 0. The smallest absolute Gasteiger partial charge is 0.306 e. The standard InChI is InChI=1S/C49H88O15/c1-3-5-7-9-11-13-15-16-17-18-19-20-22-24-26-28-30-32-41(52)62-37(34-59-40(51)31-29-27-25-23-21-14-12-10-8-6-4-2)35-60-48-47(58)45(56)43(54)39(64-48)36-61-49-46(57)44(55)42(53)38(33-50)63-49/h11,13,16-17,37-39,42-50,53-58H,3-10,12,14-15,18-36H2,1-2H3/b13-11+,17-16+/t37-,38+,39+,42-,43-,44?,45?,46?,47?,48+,49+/m1/s1. The minimum absolute atomic E-state index is 0.159. The van der Waals surface area contributed by atoms with Crippen molar-refractivity contribution in [3.8, 4) is 0 Å². The lowest BCUT2D eigenvalue weighted by Crippen LogP contribution is -2.61. The zero-order valence-electron chi connectivity index (χ0n) is 39.3. The molecule has 0 aromatic carbocycles. The van der Waals surface area contributed by atoms with Crippen LogP contribution >= 0.6 is 0 Å². The lowest BCUT2D eigenvalue weighted by molar-refractivity contribution is -0.332. The molecule has 11 atom stereocenters.